The van der Waals surface area contributed by atoms with Crippen molar-refractivity contribution in [1.82, 2.24) is 10.6 Å². The third-order valence-electron chi connectivity index (χ3n) is 4.54. The molecule has 2 fully saturated rings. The van der Waals surface area contributed by atoms with E-state index >= 15 is 0 Å². The van der Waals surface area contributed by atoms with Crippen LogP contribution in [0, 0.1) is 11.3 Å². The third-order valence-corrected chi connectivity index (χ3v) is 4.54. The number of guanidine groups is 1. The summed E-state index contributed by atoms with van der Waals surface area (Å²) >= 11 is 0. The van der Waals surface area contributed by atoms with Gasteiger partial charge in [0.2, 0.25) is 0 Å². The number of aliphatic hydroxyl groups is 1. The number of hydrogen-bond acceptors (Lipinski definition) is 3. The fraction of sp³-hybridized carbons (Fsp3) is 0.929. The molecular formula is C14H25F3IN3O2. The first kappa shape index (κ1) is 20.8. The van der Waals surface area contributed by atoms with Crippen LogP contribution in [0.25, 0.3) is 0 Å². The van der Waals surface area contributed by atoms with E-state index in [0.29, 0.717) is 18.4 Å². The minimum absolute atomic E-state index is 0. The van der Waals surface area contributed by atoms with Crippen molar-refractivity contribution in [3.8, 4) is 0 Å². The highest BCUT2D eigenvalue weighted by atomic mass is 127. The van der Waals surface area contributed by atoms with Crippen LogP contribution in [0.1, 0.15) is 27.2 Å². The topological polar surface area (TPSA) is 65.9 Å². The fourth-order valence-electron chi connectivity index (χ4n) is 3.37. The lowest BCUT2D eigenvalue weighted by molar-refractivity contribution is -0.199. The van der Waals surface area contributed by atoms with E-state index in [1.807, 2.05) is 6.92 Å². The predicted molar refractivity (Wildman–Crippen MR) is 92.0 cm³/mol. The maximum atomic E-state index is 12.3. The number of nitrogens with zero attached hydrogens (tertiary/aromatic N) is 1. The lowest BCUT2D eigenvalue weighted by Crippen LogP contribution is -2.68. The van der Waals surface area contributed by atoms with Crippen LogP contribution in [0.2, 0.25) is 0 Å². The van der Waals surface area contributed by atoms with Crippen LogP contribution in [0.5, 0.6) is 0 Å². The highest BCUT2D eigenvalue weighted by Crippen LogP contribution is 2.52. The molecule has 0 amide bonds. The molecule has 0 bridgehead atoms. The van der Waals surface area contributed by atoms with Crippen molar-refractivity contribution in [2.45, 2.75) is 51.6 Å². The minimum Gasteiger partial charge on any atom is -0.382 e. The molecule has 1 saturated carbocycles. The van der Waals surface area contributed by atoms with Crippen molar-refractivity contribution in [3.05, 3.63) is 0 Å². The number of aliphatic imine (C=N–C) groups is 1. The van der Waals surface area contributed by atoms with Gasteiger partial charge in [-0.25, -0.2) is 0 Å². The van der Waals surface area contributed by atoms with Crippen LogP contribution >= 0.6 is 24.0 Å². The van der Waals surface area contributed by atoms with Gasteiger partial charge in [-0.15, -0.1) is 24.0 Å². The van der Waals surface area contributed by atoms with Gasteiger partial charge in [0.25, 0.3) is 0 Å². The maximum Gasteiger partial charge on any atom is 0.416 e. The largest absolute Gasteiger partial charge is 0.416 e. The maximum absolute atomic E-state index is 12.3. The number of hydrogen-bond donors (Lipinski definition) is 3. The number of alkyl halides is 3. The molecule has 0 spiro atoms. The molecular weight excluding hydrogens is 426 g/mol. The first-order valence-electron chi connectivity index (χ1n) is 7.59. The van der Waals surface area contributed by atoms with Crippen LogP contribution in [0.4, 0.5) is 13.2 Å². The summed E-state index contributed by atoms with van der Waals surface area (Å²) in [6.45, 7) is 6.53. The van der Waals surface area contributed by atoms with Crippen LogP contribution in [0.15, 0.2) is 4.99 Å². The molecule has 1 aliphatic heterocycles. The van der Waals surface area contributed by atoms with Gasteiger partial charge in [-0.2, -0.15) is 13.2 Å². The summed E-state index contributed by atoms with van der Waals surface area (Å²) in [5.41, 5.74) is -0.0972. The van der Waals surface area contributed by atoms with Crippen molar-refractivity contribution in [2.75, 3.05) is 19.7 Å². The Labute approximate surface area is 151 Å². The van der Waals surface area contributed by atoms with E-state index in [4.69, 9.17) is 9.84 Å². The highest BCUT2D eigenvalue weighted by molar-refractivity contribution is 14.0. The van der Waals surface area contributed by atoms with E-state index in [1.165, 1.54) is 0 Å². The van der Waals surface area contributed by atoms with Crippen LogP contribution < -0.4 is 10.6 Å². The van der Waals surface area contributed by atoms with Gasteiger partial charge < -0.3 is 20.5 Å². The summed E-state index contributed by atoms with van der Waals surface area (Å²) in [7, 11) is 0. The molecule has 0 aromatic carbocycles. The van der Waals surface area contributed by atoms with Crippen molar-refractivity contribution in [1.29, 1.82) is 0 Å². The average molecular weight is 451 g/mol. The zero-order valence-corrected chi connectivity index (χ0v) is 15.8. The monoisotopic (exact) mass is 451 g/mol. The molecule has 0 radical (unpaired) electrons. The van der Waals surface area contributed by atoms with E-state index in [9.17, 15) is 13.2 Å². The van der Waals surface area contributed by atoms with Crippen molar-refractivity contribution in [3.63, 3.8) is 0 Å². The highest BCUT2D eigenvalue weighted by Gasteiger charge is 2.59. The second-order valence-corrected chi connectivity index (χ2v) is 6.46. The number of aliphatic hydroxyl groups excluding tert-OH is 1. The number of fused-ring (bicyclic) bond motifs is 1. The molecule has 0 aromatic heterocycles. The Balaban J connectivity index is 0.00000264. The van der Waals surface area contributed by atoms with Gasteiger partial charge in [-0.05, 0) is 13.3 Å². The van der Waals surface area contributed by atoms with Crippen LogP contribution in [0.3, 0.4) is 0 Å². The molecule has 1 heterocycles. The van der Waals surface area contributed by atoms with Gasteiger partial charge in [0.05, 0.1) is 12.6 Å². The van der Waals surface area contributed by atoms with Crippen LogP contribution in [-0.2, 0) is 4.74 Å². The zero-order chi connectivity index (χ0) is 16.5. The lowest BCUT2D eigenvalue weighted by Gasteiger charge is -2.54. The fourth-order valence-corrected chi connectivity index (χ4v) is 3.37. The zero-order valence-electron chi connectivity index (χ0n) is 13.5. The summed E-state index contributed by atoms with van der Waals surface area (Å²) in [5.74, 6) is 0.653. The van der Waals surface area contributed by atoms with E-state index in [-0.39, 0.29) is 41.5 Å². The molecule has 5 nitrogen and oxygen atoms in total. The van der Waals surface area contributed by atoms with Crippen molar-refractivity contribution >= 4 is 29.9 Å². The van der Waals surface area contributed by atoms with E-state index in [2.05, 4.69) is 29.5 Å². The summed E-state index contributed by atoms with van der Waals surface area (Å²) < 4.78 is 42.7. The second kappa shape index (κ2) is 7.73. The van der Waals surface area contributed by atoms with Crippen molar-refractivity contribution < 1.29 is 23.0 Å². The molecule has 9 heteroatoms. The molecule has 4 atom stereocenters. The normalized spacial score (nSPS) is 30.7. The molecule has 2 aliphatic rings. The van der Waals surface area contributed by atoms with Gasteiger partial charge in [0.15, 0.2) is 12.1 Å². The van der Waals surface area contributed by atoms with Gasteiger partial charge in [0.1, 0.15) is 0 Å². The summed E-state index contributed by atoms with van der Waals surface area (Å²) in [6, 6.07) is 0.0980. The minimum atomic E-state index is -4.65. The molecule has 3 N–H and O–H groups in total. The summed E-state index contributed by atoms with van der Waals surface area (Å²) in [4.78, 5) is 3.87. The average Bonchev–Trinajstić information content (AvgIpc) is 2.87. The van der Waals surface area contributed by atoms with E-state index in [0.717, 1.165) is 13.0 Å². The summed E-state index contributed by atoms with van der Waals surface area (Å²) in [6.07, 6.45) is -5.97. The number of ether oxygens (including phenoxy) is 1. The Morgan fingerprint density at radius 3 is 2.65 bits per heavy atom. The Kier molecular flexibility index (Phi) is 6.97. The van der Waals surface area contributed by atoms with Crippen molar-refractivity contribution in [2.24, 2.45) is 16.3 Å². The standard InChI is InChI=1S/C14H24F3N3O2.HI/c1-4-18-12(19-7-9(21)14(15,16)17)20-10-8-5-6-22-11(8)13(10,2)3;/h8-11,21H,4-7H2,1-3H3,(H2,18,19,20);1H. The SMILES string of the molecule is CCNC(=NCC(O)C(F)(F)F)NC1C2CCOC2C1(C)C.I. The molecule has 23 heavy (non-hydrogen) atoms. The number of rotatable bonds is 4. The lowest BCUT2D eigenvalue weighted by atomic mass is 9.57. The summed E-state index contributed by atoms with van der Waals surface area (Å²) in [5, 5.41) is 15.2. The first-order valence-corrected chi connectivity index (χ1v) is 7.59. The second-order valence-electron chi connectivity index (χ2n) is 6.46. The van der Waals surface area contributed by atoms with E-state index < -0.39 is 18.8 Å². The van der Waals surface area contributed by atoms with E-state index in [1.54, 1.807) is 0 Å². The first-order chi connectivity index (χ1) is 10.2. The van der Waals surface area contributed by atoms with Gasteiger partial charge in [-0.1, -0.05) is 13.8 Å². The molecule has 2 rings (SSSR count). The van der Waals surface area contributed by atoms with Gasteiger partial charge in [0, 0.05) is 30.5 Å². The number of nitrogens with one attached hydrogen (secondary N) is 2. The Hall–Kier alpha value is -0.290. The smallest absolute Gasteiger partial charge is 0.382 e. The molecule has 136 valence electrons. The Morgan fingerprint density at radius 1 is 1.43 bits per heavy atom. The predicted octanol–water partition coefficient (Wildman–Crippen LogP) is 1.90. The van der Waals surface area contributed by atoms with Crippen LogP contribution in [-0.4, -0.2) is 55.2 Å². The quantitative estimate of drug-likeness (QED) is 0.347. The molecule has 4 unspecified atom stereocenters. The number of halogens is 4. The molecule has 1 saturated heterocycles. The Morgan fingerprint density at radius 2 is 2.09 bits per heavy atom. The third kappa shape index (κ3) is 4.41. The molecule has 0 aromatic rings. The molecule has 1 aliphatic carbocycles. The Bertz CT molecular complexity index is 432. The van der Waals surface area contributed by atoms with Gasteiger partial charge >= 0.3 is 6.18 Å². The van der Waals surface area contributed by atoms with Gasteiger partial charge in [-0.3, -0.25) is 4.99 Å².